The Morgan fingerprint density at radius 1 is 1.19 bits per heavy atom. The van der Waals surface area contributed by atoms with Gasteiger partial charge in [0, 0.05) is 37.4 Å². The number of hydrogen-bond donors (Lipinski definition) is 3. The topological polar surface area (TPSA) is 81.7 Å². The molecule has 2 amide bonds. The van der Waals surface area contributed by atoms with Crippen LogP contribution in [-0.2, 0) is 4.79 Å². The predicted octanol–water partition coefficient (Wildman–Crippen LogP) is 2.52. The molecule has 1 aromatic rings. The van der Waals surface area contributed by atoms with Crippen molar-refractivity contribution in [1.29, 1.82) is 0 Å². The van der Waals surface area contributed by atoms with Crippen molar-refractivity contribution >= 4 is 23.4 Å². The molecule has 0 radical (unpaired) electrons. The number of carboxylic acid groups (broad SMARTS) is 1. The smallest absolute Gasteiger partial charge is 0.319 e. The van der Waals surface area contributed by atoms with Crippen molar-refractivity contribution in [3.63, 3.8) is 0 Å². The van der Waals surface area contributed by atoms with Gasteiger partial charge in [0.25, 0.3) is 0 Å². The normalized spacial score (nSPS) is 10.9. The Morgan fingerprint density at radius 2 is 1.76 bits per heavy atom. The molecule has 0 heterocycles. The molecule has 6 heteroatoms. The second-order valence-corrected chi connectivity index (χ2v) is 5.80. The average Bonchev–Trinajstić information content (AvgIpc) is 2.36. The second kappa shape index (κ2) is 6.97. The van der Waals surface area contributed by atoms with Crippen molar-refractivity contribution in [2.45, 2.75) is 32.2 Å². The number of carboxylic acids is 1. The lowest BCUT2D eigenvalue weighted by molar-refractivity contribution is -0.137. The summed E-state index contributed by atoms with van der Waals surface area (Å²) in [6.07, 6.45) is 0.389. The van der Waals surface area contributed by atoms with Crippen LogP contribution in [0.1, 0.15) is 26.7 Å². The van der Waals surface area contributed by atoms with Crippen LogP contribution in [0.5, 0.6) is 0 Å². The third kappa shape index (κ3) is 6.16. The van der Waals surface area contributed by atoms with Crippen molar-refractivity contribution in [3.05, 3.63) is 24.3 Å². The van der Waals surface area contributed by atoms with Crippen LogP contribution in [-0.4, -0.2) is 36.7 Å². The summed E-state index contributed by atoms with van der Waals surface area (Å²) < 4.78 is 0. The third-order valence-electron chi connectivity index (χ3n) is 3.06. The number of aliphatic carboxylic acids is 1. The largest absolute Gasteiger partial charge is 0.481 e. The van der Waals surface area contributed by atoms with E-state index in [0.29, 0.717) is 12.1 Å². The highest BCUT2D eigenvalue weighted by atomic mass is 16.4. The van der Waals surface area contributed by atoms with Gasteiger partial charge in [-0.25, -0.2) is 4.79 Å². The van der Waals surface area contributed by atoms with E-state index >= 15 is 0 Å². The Labute approximate surface area is 125 Å². The molecule has 0 unspecified atom stereocenters. The molecule has 116 valence electrons. The SMILES string of the molecule is CN(C)c1ccc(NC(=O)NC(C)(C)CCC(=O)O)cc1. The van der Waals surface area contributed by atoms with Gasteiger partial charge in [0.15, 0.2) is 0 Å². The molecule has 0 aliphatic heterocycles. The Balaban J connectivity index is 2.54. The predicted molar refractivity (Wildman–Crippen MR) is 83.9 cm³/mol. The number of carbonyl (C=O) groups excluding carboxylic acids is 1. The molecule has 0 aliphatic carbocycles. The summed E-state index contributed by atoms with van der Waals surface area (Å²) in [5.41, 5.74) is 1.15. The Hall–Kier alpha value is -2.24. The molecule has 3 N–H and O–H groups in total. The summed E-state index contributed by atoms with van der Waals surface area (Å²) in [7, 11) is 3.89. The van der Waals surface area contributed by atoms with E-state index < -0.39 is 11.5 Å². The number of anilines is 2. The minimum absolute atomic E-state index is 0.0187. The first kappa shape index (κ1) is 16.8. The van der Waals surface area contributed by atoms with Crippen LogP contribution >= 0.6 is 0 Å². The van der Waals surface area contributed by atoms with Gasteiger partial charge in [-0.3, -0.25) is 4.79 Å². The van der Waals surface area contributed by atoms with E-state index in [1.54, 1.807) is 13.8 Å². The van der Waals surface area contributed by atoms with Crippen LogP contribution in [0.15, 0.2) is 24.3 Å². The molecule has 0 saturated heterocycles. The van der Waals surface area contributed by atoms with E-state index in [9.17, 15) is 9.59 Å². The molecule has 1 aromatic carbocycles. The van der Waals surface area contributed by atoms with Crippen LogP contribution in [0.2, 0.25) is 0 Å². The van der Waals surface area contributed by atoms with Gasteiger partial charge < -0.3 is 20.6 Å². The first-order chi connectivity index (χ1) is 9.69. The minimum atomic E-state index is -0.871. The van der Waals surface area contributed by atoms with Crippen molar-refractivity contribution in [3.8, 4) is 0 Å². The Morgan fingerprint density at radius 3 is 2.24 bits per heavy atom. The van der Waals surface area contributed by atoms with Gasteiger partial charge in [0.05, 0.1) is 0 Å². The van der Waals surface area contributed by atoms with Crippen LogP contribution in [0.3, 0.4) is 0 Å². The van der Waals surface area contributed by atoms with E-state index in [1.165, 1.54) is 0 Å². The van der Waals surface area contributed by atoms with Gasteiger partial charge in [-0.05, 0) is 44.5 Å². The molecule has 0 aromatic heterocycles. The van der Waals surface area contributed by atoms with Gasteiger partial charge in [-0.1, -0.05) is 0 Å². The first-order valence-corrected chi connectivity index (χ1v) is 6.78. The maximum absolute atomic E-state index is 11.9. The molecular formula is C15H23N3O3. The van der Waals surface area contributed by atoms with Crippen molar-refractivity contribution in [2.24, 2.45) is 0 Å². The lowest BCUT2D eigenvalue weighted by atomic mass is 9.99. The van der Waals surface area contributed by atoms with Crippen LogP contribution in [0, 0.1) is 0 Å². The number of nitrogens with zero attached hydrogens (tertiary/aromatic N) is 1. The monoisotopic (exact) mass is 293 g/mol. The number of carbonyl (C=O) groups is 2. The van der Waals surface area contributed by atoms with Gasteiger partial charge in [-0.2, -0.15) is 0 Å². The highest BCUT2D eigenvalue weighted by Gasteiger charge is 2.21. The highest BCUT2D eigenvalue weighted by Crippen LogP contribution is 2.16. The number of hydrogen-bond acceptors (Lipinski definition) is 3. The second-order valence-electron chi connectivity index (χ2n) is 5.80. The van der Waals surface area contributed by atoms with Crippen LogP contribution in [0.25, 0.3) is 0 Å². The Kier molecular flexibility index (Phi) is 5.58. The summed E-state index contributed by atoms with van der Waals surface area (Å²) >= 11 is 0. The zero-order valence-electron chi connectivity index (χ0n) is 12.9. The molecule has 0 spiro atoms. The summed E-state index contributed by atoms with van der Waals surface area (Å²) in [5.74, 6) is -0.871. The third-order valence-corrected chi connectivity index (χ3v) is 3.06. The zero-order chi connectivity index (χ0) is 16.0. The Bertz CT molecular complexity index is 495. The average molecular weight is 293 g/mol. The molecular weight excluding hydrogens is 270 g/mol. The number of benzene rings is 1. The van der Waals surface area contributed by atoms with E-state index in [0.717, 1.165) is 5.69 Å². The molecule has 0 bridgehead atoms. The van der Waals surface area contributed by atoms with Gasteiger partial charge in [0.1, 0.15) is 0 Å². The first-order valence-electron chi connectivity index (χ1n) is 6.78. The van der Waals surface area contributed by atoms with E-state index in [4.69, 9.17) is 5.11 Å². The number of rotatable bonds is 6. The van der Waals surface area contributed by atoms with Gasteiger partial charge >= 0.3 is 12.0 Å². The van der Waals surface area contributed by atoms with Gasteiger partial charge in [-0.15, -0.1) is 0 Å². The maximum atomic E-state index is 11.9. The molecule has 1 rings (SSSR count). The fourth-order valence-corrected chi connectivity index (χ4v) is 1.79. The van der Waals surface area contributed by atoms with Crippen molar-refractivity contribution in [2.75, 3.05) is 24.3 Å². The van der Waals surface area contributed by atoms with E-state index in [-0.39, 0.29) is 12.5 Å². The number of urea groups is 1. The molecule has 21 heavy (non-hydrogen) atoms. The fraction of sp³-hybridized carbons (Fsp3) is 0.467. The fourth-order valence-electron chi connectivity index (χ4n) is 1.79. The minimum Gasteiger partial charge on any atom is -0.481 e. The van der Waals surface area contributed by atoms with Crippen molar-refractivity contribution < 1.29 is 14.7 Å². The maximum Gasteiger partial charge on any atom is 0.319 e. The van der Waals surface area contributed by atoms with Gasteiger partial charge in [0.2, 0.25) is 0 Å². The highest BCUT2D eigenvalue weighted by molar-refractivity contribution is 5.90. The van der Waals surface area contributed by atoms with E-state index in [2.05, 4.69) is 10.6 Å². The van der Waals surface area contributed by atoms with E-state index in [1.807, 2.05) is 43.3 Å². The lowest BCUT2D eigenvalue weighted by Gasteiger charge is -2.25. The summed E-state index contributed by atoms with van der Waals surface area (Å²) in [4.78, 5) is 24.5. The quantitative estimate of drug-likeness (QED) is 0.752. The summed E-state index contributed by atoms with van der Waals surface area (Å²) in [6.45, 7) is 3.59. The standard InChI is InChI=1S/C15H23N3O3/c1-15(2,10-9-13(19)20)17-14(21)16-11-5-7-12(8-6-11)18(3)4/h5-8H,9-10H2,1-4H3,(H,19,20)(H2,16,17,21). The molecule has 0 atom stereocenters. The molecule has 0 aliphatic rings. The lowest BCUT2D eigenvalue weighted by Crippen LogP contribution is -2.45. The van der Waals surface area contributed by atoms with Crippen LogP contribution < -0.4 is 15.5 Å². The molecule has 0 fully saturated rings. The number of amides is 2. The molecule has 0 saturated carbocycles. The van der Waals surface area contributed by atoms with Crippen molar-refractivity contribution in [1.82, 2.24) is 5.32 Å². The number of nitrogens with one attached hydrogen (secondary N) is 2. The molecule has 6 nitrogen and oxygen atoms in total. The summed E-state index contributed by atoms with van der Waals surface area (Å²) in [5, 5.41) is 14.2. The zero-order valence-corrected chi connectivity index (χ0v) is 12.9. The summed E-state index contributed by atoms with van der Waals surface area (Å²) in [6, 6.07) is 7.11. The van der Waals surface area contributed by atoms with Crippen LogP contribution in [0.4, 0.5) is 16.2 Å².